The molecule has 11 nitrogen and oxygen atoms in total. The molecule has 29 heavy (non-hydrogen) atoms. The van der Waals surface area contributed by atoms with Crippen molar-refractivity contribution in [1.82, 2.24) is 0 Å². The number of aliphatic hydroxyl groups excluding tert-OH is 1. The van der Waals surface area contributed by atoms with Gasteiger partial charge in [-0.2, -0.15) is 0 Å². The van der Waals surface area contributed by atoms with Gasteiger partial charge in [-0.15, -0.1) is 0 Å². The molecule has 1 aliphatic heterocycles. The van der Waals surface area contributed by atoms with Crippen molar-refractivity contribution in [2.45, 2.75) is 25.9 Å². The van der Waals surface area contributed by atoms with E-state index in [-0.39, 0.29) is 37.6 Å². The zero-order valence-electron chi connectivity index (χ0n) is 15.0. The van der Waals surface area contributed by atoms with Gasteiger partial charge < -0.3 is 24.2 Å². The van der Waals surface area contributed by atoms with E-state index in [0.717, 1.165) is 0 Å². The summed E-state index contributed by atoms with van der Waals surface area (Å²) in [6, 6.07) is 3.98. The number of rotatable bonds is 9. The van der Waals surface area contributed by atoms with E-state index in [1.807, 2.05) is 0 Å². The van der Waals surface area contributed by atoms with E-state index in [1.54, 1.807) is 0 Å². The van der Waals surface area contributed by atoms with Crippen LogP contribution in [0.3, 0.4) is 0 Å². The Morgan fingerprint density at radius 3 is 2.41 bits per heavy atom. The molecule has 1 aliphatic rings. The fourth-order valence-corrected chi connectivity index (χ4v) is 3.33. The number of benzene rings is 1. The second-order valence-electron chi connectivity index (χ2n) is 5.51. The van der Waals surface area contributed by atoms with E-state index in [1.165, 1.54) is 18.2 Å². The standard InChI is InChI=1S/C16H19O11P.Fm/c17-9-11-2-3-13(27-28(22)25-6-1-7-26-28)12(8-11)16(21)24-10-23-15(20)5-4-14(18)19;/h2-3,8,17H,1,4-7,9-10H2,(H,18,19);. The topological polar surface area (TPSA) is 155 Å². The van der Waals surface area contributed by atoms with Crippen molar-refractivity contribution in [2.24, 2.45) is 0 Å². The van der Waals surface area contributed by atoms with E-state index in [4.69, 9.17) is 23.4 Å². The summed E-state index contributed by atoms with van der Waals surface area (Å²) in [5.41, 5.74) is 0.155. The second kappa shape index (κ2) is 10.8. The fraction of sp³-hybridized carbons (Fsp3) is 0.438. The van der Waals surface area contributed by atoms with E-state index in [0.29, 0.717) is 12.0 Å². The molecule has 0 atom stereocenters. The van der Waals surface area contributed by atoms with Crippen LogP contribution >= 0.6 is 7.82 Å². The Bertz CT molecular complexity index is 772. The van der Waals surface area contributed by atoms with Crippen LogP contribution in [0.4, 0.5) is 0 Å². The fourth-order valence-electron chi connectivity index (χ4n) is 2.04. The number of carbonyl (C=O) groups is 3. The Balaban J connectivity index is 0.00000420. The van der Waals surface area contributed by atoms with Gasteiger partial charge in [-0.1, -0.05) is 6.07 Å². The summed E-state index contributed by atoms with van der Waals surface area (Å²) in [6.45, 7) is -0.809. The molecule has 1 fully saturated rings. The SMILES string of the molecule is O=C(O)CCC(=O)OCOC(=O)c1cc(CO)ccc1OP1(=O)OCCCO1.[Fm]. The molecule has 0 radical (unpaired) electrons. The summed E-state index contributed by atoms with van der Waals surface area (Å²) < 4.78 is 37.1. The molecule has 0 unspecified atom stereocenters. The number of phosphoric acid groups is 1. The zero-order valence-corrected chi connectivity index (χ0v) is 18.3. The number of ether oxygens (including phenoxy) is 2. The Hall–Kier alpha value is -3.46. The van der Waals surface area contributed by atoms with Crippen molar-refractivity contribution in [3.63, 3.8) is 0 Å². The number of phosphoric ester groups is 1. The van der Waals surface area contributed by atoms with Gasteiger partial charge >= 0.3 is 25.7 Å². The van der Waals surface area contributed by atoms with E-state index < -0.39 is 38.9 Å². The number of aliphatic hydroxyl groups is 1. The molecule has 0 aromatic heterocycles. The number of aliphatic carboxylic acids is 1. The number of hydrogen-bond donors (Lipinski definition) is 2. The van der Waals surface area contributed by atoms with Crippen molar-refractivity contribution < 1.29 is 52.2 Å². The van der Waals surface area contributed by atoms with Crippen LogP contribution in [0.1, 0.15) is 35.2 Å². The van der Waals surface area contributed by atoms with E-state index >= 15 is 0 Å². The first-order valence-electron chi connectivity index (χ1n) is 8.20. The molecular formula is C16H19FmO11P. The maximum atomic E-state index is 12.4. The van der Waals surface area contributed by atoms with Gasteiger partial charge in [0.15, 0.2) is 0 Å². The van der Waals surface area contributed by atoms with Gasteiger partial charge in [0, 0.05) is 0 Å². The molecule has 1 aromatic carbocycles. The normalized spacial score (nSPS) is 14.9. The van der Waals surface area contributed by atoms with Gasteiger partial charge in [0.25, 0.3) is 0 Å². The summed E-state index contributed by atoms with van der Waals surface area (Å²) in [7, 11) is -3.90. The van der Waals surface area contributed by atoms with Crippen LogP contribution in [0, 0.1) is 0 Å². The molecule has 1 heterocycles. The number of esters is 2. The molecule has 0 aliphatic carbocycles. The molecule has 0 saturated carbocycles. The Kier molecular flexibility index (Phi) is 8.75. The number of carboxylic acid groups (broad SMARTS) is 1. The van der Waals surface area contributed by atoms with Crippen molar-refractivity contribution in [3.8, 4) is 5.75 Å². The van der Waals surface area contributed by atoms with Crippen LogP contribution < -0.4 is 4.52 Å². The molecular weight excluding hydrogens is 656 g/mol. The molecule has 2 N–H and O–H groups in total. The number of carboxylic acids is 1. The van der Waals surface area contributed by atoms with Crippen molar-refractivity contribution in [1.29, 1.82) is 0 Å². The largest absolute Gasteiger partial charge is 0.530 e. The summed E-state index contributed by atoms with van der Waals surface area (Å²) in [5.74, 6) is -3.17. The average Bonchev–Trinajstić information content (AvgIpc) is 2.66. The molecule has 0 spiro atoms. The van der Waals surface area contributed by atoms with Crippen LogP contribution in [-0.2, 0) is 39.3 Å². The minimum atomic E-state index is -3.90. The van der Waals surface area contributed by atoms with Gasteiger partial charge in [-0.25, -0.2) is 9.36 Å². The van der Waals surface area contributed by atoms with E-state index in [9.17, 15) is 24.1 Å². The summed E-state index contributed by atoms with van der Waals surface area (Å²) in [5, 5.41) is 17.7. The van der Waals surface area contributed by atoms with Gasteiger partial charge in [0.2, 0.25) is 6.79 Å². The molecule has 1 saturated heterocycles. The smallest absolute Gasteiger partial charge is 0.481 e. The van der Waals surface area contributed by atoms with Crippen molar-refractivity contribution in [2.75, 3.05) is 20.0 Å². The first kappa shape index (κ1) is 23.6. The summed E-state index contributed by atoms with van der Waals surface area (Å²) in [4.78, 5) is 34.0. The quantitative estimate of drug-likeness (QED) is 0.223. The average molecular weight is 675 g/mol. The predicted octanol–water partition coefficient (Wildman–Crippen LogP) is 1.62. The predicted molar refractivity (Wildman–Crippen MR) is 90.4 cm³/mol. The molecule has 0 bridgehead atoms. The Morgan fingerprint density at radius 1 is 1.10 bits per heavy atom. The molecule has 2 rings (SSSR count). The minimum Gasteiger partial charge on any atom is -0.481 e. The molecule has 1 aromatic rings. The molecule has 0 amide bonds. The van der Waals surface area contributed by atoms with Gasteiger partial charge in [0.05, 0.1) is 32.7 Å². The van der Waals surface area contributed by atoms with E-state index in [2.05, 4.69) is 4.74 Å². The third-order valence-corrected chi connectivity index (χ3v) is 4.81. The van der Waals surface area contributed by atoms with Crippen molar-refractivity contribution in [3.05, 3.63) is 29.3 Å². The van der Waals surface area contributed by atoms with Gasteiger partial charge in [-0.05, 0) is 24.1 Å². The minimum absolute atomic E-state index is 0. The number of hydrogen-bond acceptors (Lipinski definition) is 10. The maximum Gasteiger partial charge on any atom is 0.530 e. The third kappa shape index (κ3) is 7.23. The van der Waals surface area contributed by atoms with Crippen LogP contribution in [0.5, 0.6) is 5.75 Å². The molecule has 166 valence electrons. The van der Waals surface area contributed by atoms with Gasteiger partial charge in [-0.3, -0.25) is 18.6 Å². The van der Waals surface area contributed by atoms with Gasteiger partial charge in [0.1, 0.15) is 11.3 Å². The summed E-state index contributed by atoms with van der Waals surface area (Å²) >= 11 is 0. The Labute approximate surface area is 159 Å². The zero-order chi connectivity index (χ0) is 20.6. The first-order valence-corrected chi connectivity index (χ1v) is 9.66. The number of carbonyl (C=O) groups excluding carboxylic acids is 2. The second-order valence-corrected chi connectivity index (χ2v) is 7.10. The van der Waals surface area contributed by atoms with Crippen LogP contribution in [0.15, 0.2) is 18.2 Å². The molecule has 13 heteroatoms. The van der Waals surface area contributed by atoms with Crippen LogP contribution in [0.2, 0.25) is 0 Å². The van der Waals surface area contributed by atoms with Crippen LogP contribution in [-0.4, -0.2) is 48.1 Å². The third-order valence-electron chi connectivity index (χ3n) is 3.40. The first-order chi connectivity index (χ1) is 13.3. The summed E-state index contributed by atoms with van der Waals surface area (Å²) in [6.07, 6.45) is -0.253. The monoisotopic (exact) mass is 675 g/mol. The Morgan fingerprint density at radius 2 is 1.79 bits per heavy atom. The maximum absolute atomic E-state index is 12.4. The van der Waals surface area contributed by atoms with Crippen LogP contribution in [0.25, 0.3) is 0 Å². The van der Waals surface area contributed by atoms with Crippen molar-refractivity contribution >= 4 is 25.7 Å².